The van der Waals surface area contributed by atoms with Gasteiger partial charge in [0.15, 0.2) is 0 Å². The fraction of sp³-hybridized carbons (Fsp3) is 0.0746. The van der Waals surface area contributed by atoms with E-state index in [1.807, 2.05) is 0 Å². The molecule has 10 aromatic carbocycles. The van der Waals surface area contributed by atoms with Crippen LogP contribution in [0.1, 0.15) is 81.0 Å². The SMILES string of the molecule is CC1(C)c2cc(C#Cc3ccc4c(c3)C3(c5ccccc5-c5ccccc53)c3cc(C(c5ccccc5)c5ccccc5)ccc3-4)ccc2-c2ccc3c4ccccc4n(-c4ccccc4)c3c21. The number of hydrogen-bond donors (Lipinski definition) is 0. The Kier molecular flexibility index (Phi) is 8.29. The van der Waals surface area contributed by atoms with Gasteiger partial charge in [0.1, 0.15) is 0 Å². The van der Waals surface area contributed by atoms with Crippen molar-refractivity contribution in [3.8, 4) is 50.9 Å². The number of nitrogens with zero attached hydrogens (tertiary/aromatic N) is 1. The smallest absolute Gasteiger partial charge is 0.0726 e. The van der Waals surface area contributed by atoms with Crippen molar-refractivity contribution >= 4 is 21.8 Å². The highest BCUT2D eigenvalue weighted by atomic mass is 15.0. The average molecular weight is 864 g/mol. The lowest BCUT2D eigenvalue weighted by Gasteiger charge is -2.31. The molecule has 0 radical (unpaired) electrons. The van der Waals surface area contributed by atoms with E-state index < -0.39 is 5.41 Å². The lowest BCUT2D eigenvalue weighted by atomic mass is 9.69. The summed E-state index contributed by atoms with van der Waals surface area (Å²) in [6.07, 6.45) is 0. The molecule has 1 aromatic heterocycles. The first-order chi connectivity index (χ1) is 33.5. The topological polar surface area (TPSA) is 4.93 Å². The number of fused-ring (bicyclic) bond motifs is 17. The van der Waals surface area contributed by atoms with Crippen molar-refractivity contribution in [1.82, 2.24) is 4.57 Å². The van der Waals surface area contributed by atoms with Crippen LogP contribution in [0.25, 0.3) is 60.9 Å². The summed E-state index contributed by atoms with van der Waals surface area (Å²) in [4.78, 5) is 0. The maximum absolute atomic E-state index is 3.71. The second kappa shape index (κ2) is 14.5. The fourth-order valence-electron chi connectivity index (χ4n) is 12.7. The van der Waals surface area contributed by atoms with Crippen molar-refractivity contribution in [2.45, 2.75) is 30.6 Å². The van der Waals surface area contributed by atoms with Gasteiger partial charge in [-0.1, -0.05) is 214 Å². The van der Waals surface area contributed by atoms with E-state index in [0.717, 1.165) is 11.1 Å². The highest BCUT2D eigenvalue weighted by molar-refractivity contribution is 6.13. The Morgan fingerprint density at radius 1 is 0.368 bits per heavy atom. The highest BCUT2D eigenvalue weighted by Gasteiger charge is 2.52. The van der Waals surface area contributed by atoms with E-state index in [9.17, 15) is 0 Å². The minimum Gasteiger partial charge on any atom is -0.309 e. The predicted molar refractivity (Wildman–Crippen MR) is 281 cm³/mol. The monoisotopic (exact) mass is 863 g/mol. The predicted octanol–water partition coefficient (Wildman–Crippen LogP) is 16.0. The molecule has 3 aliphatic carbocycles. The van der Waals surface area contributed by atoms with Gasteiger partial charge in [0.2, 0.25) is 0 Å². The number of para-hydroxylation sites is 2. The summed E-state index contributed by atoms with van der Waals surface area (Å²) >= 11 is 0. The summed E-state index contributed by atoms with van der Waals surface area (Å²) in [5, 5.41) is 2.57. The minimum absolute atomic E-state index is 0.0851. The maximum atomic E-state index is 3.71. The van der Waals surface area contributed by atoms with E-state index in [1.165, 1.54) is 111 Å². The van der Waals surface area contributed by atoms with Crippen LogP contribution in [0.3, 0.4) is 0 Å². The van der Waals surface area contributed by atoms with Crippen LogP contribution in [-0.4, -0.2) is 4.57 Å². The number of hydrogen-bond acceptors (Lipinski definition) is 0. The molecule has 3 aliphatic rings. The molecular formula is C67H45N. The van der Waals surface area contributed by atoms with Crippen LogP contribution in [0, 0.1) is 11.8 Å². The van der Waals surface area contributed by atoms with Crippen molar-refractivity contribution in [3.05, 3.63) is 292 Å². The molecule has 1 heterocycles. The largest absolute Gasteiger partial charge is 0.309 e. The first-order valence-corrected chi connectivity index (χ1v) is 23.9. The van der Waals surface area contributed by atoms with E-state index in [1.54, 1.807) is 0 Å². The average Bonchev–Trinajstić information content (AvgIpc) is 4.06. The van der Waals surface area contributed by atoms with Gasteiger partial charge >= 0.3 is 0 Å². The second-order valence-electron chi connectivity index (χ2n) is 19.4. The van der Waals surface area contributed by atoms with Crippen LogP contribution < -0.4 is 0 Å². The molecule has 0 atom stereocenters. The molecule has 0 saturated carbocycles. The van der Waals surface area contributed by atoms with Gasteiger partial charge < -0.3 is 4.57 Å². The van der Waals surface area contributed by atoms with Gasteiger partial charge in [-0.2, -0.15) is 0 Å². The number of benzene rings is 10. The summed E-state index contributed by atoms with van der Waals surface area (Å²) < 4.78 is 2.48. The van der Waals surface area contributed by atoms with Crippen molar-refractivity contribution in [2.24, 2.45) is 0 Å². The summed E-state index contributed by atoms with van der Waals surface area (Å²) in [6.45, 7) is 4.78. The molecule has 0 N–H and O–H groups in total. The standard InChI is InChI=1S/C67H45N/c1-66(2)59-40-43(33-36-53(59)55-38-39-56-54-26-14-17-29-62(54)68(65(56)64(55)66)48-22-10-5-11-23-48)30-31-44-32-35-51-52-37-34-47(63(45-18-6-3-7-19-45)46-20-8-4-9-21-46)42-61(52)67(60(51)41-44)57-27-15-12-24-49(57)50-25-13-16-28-58(50)67/h3-29,32-42,63H,1-2H3. The molecular weight excluding hydrogens is 819 g/mol. The molecule has 11 aromatic rings. The molecule has 0 bridgehead atoms. The fourth-order valence-corrected chi connectivity index (χ4v) is 12.7. The van der Waals surface area contributed by atoms with Crippen molar-refractivity contribution < 1.29 is 0 Å². The van der Waals surface area contributed by atoms with Crippen molar-refractivity contribution in [2.75, 3.05) is 0 Å². The third-order valence-electron chi connectivity index (χ3n) is 15.5. The van der Waals surface area contributed by atoms with Crippen LogP contribution in [0.4, 0.5) is 0 Å². The van der Waals surface area contributed by atoms with E-state index in [4.69, 9.17) is 0 Å². The summed E-state index contributed by atoms with van der Waals surface area (Å²) in [6, 6.07) is 85.6. The van der Waals surface area contributed by atoms with Gasteiger partial charge in [-0.3, -0.25) is 0 Å². The number of rotatable bonds is 4. The van der Waals surface area contributed by atoms with Gasteiger partial charge in [0.05, 0.1) is 16.4 Å². The van der Waals surface area contributed by atoms with Crippen LogP contribution >= 0.6 is 0 Å². The van der Waals surface area contributed by atoms with Gasteiger partial charge in [0, 0.05) is 38.9 Å². The Bertz CT molecular complexity index is 3850. The van der Waals surface area contributed by atoms with Gasteiger partial charge in [0.25, 0.3) is 0 Å². The summed E-state index contributed by atoms with van der Waals surface area (Å²) in [7, 11) is 0. The molecule has 0 unspecified atom stereocenters. The third-order valence-corrected chi connectivity index (χ3v) is 15.5. The molecule has 14 rings (SSSR count). The Labute approximate surface area is 397 Å². The van der Waals surface area contributed by atoms with Crippen LogP contribution in [0.15, 0.2) is 231 Å². The zero-order chi connectivity index (χ0) is 45.1. The number of aromatic nitrogens is 1. The molecule has 318 valence electrons. The summed E-state index contributed by atoms with van der Waals surface area (Å²) in [5.41, 5.74) is 24.6. The Morgan fingerprint density at radius 3 is 1.50 bits per heavy atom. The van der Waals surface area contributed by atoms with Crippen molar-refractivity contribution in [3.63, 3.8) is 0 Å². The van der Waals surface area contributed by atoms with E-state index >= 15 is 0 Å². The molecule has 68 heavy (non-hydrogen) atoms. The Hall–Kier alpha value is -8.44. The molecule has 0 aliphatic heterocycles. The first kappa shape index (κ1) is 38.8. The minimum atomic E-state index is -0.500. The van der Waals surface area contributed by atoms with Crippen LogP contribution in [0.5, 0.6) is 0 Å². The molecule has 0 saturated heterocycles. The lowest BCUT2D eigenvalue weighted by Crippen LogP contribution is -2.26. The summed E-state index contributed by atoms with van der Waals surface area (Å²) in [5.74, 6) is 7.48. The molecule has 0 fully saturated rings. The van der Waals surface area contributed by atoms with E-state index in [2.05, 4.69) is 261 Å². The zero-order valence-corrected chi connectivity index (χ0v) is 38.0. The van der Waals surface area contributed by atoms with Crippen LogP contribution in [-0.2, 0) is 10.8 Å². The van der Waals surface area contributed by atoms with E-state index in [0.29, 0.717) is 0 Å². The normalized spacial score (nSPS) is 14.0. The van der Waals surface area contributed by atoms with E-state index in [-0.39, 0.29) is 11.3 Å². The zero-order valence-electron chi connectivity index (χ0n) is 38.0. The Balaban J connectivity index is 0.910. The third kappa shape index (κ3) is 5.35. The van der Waals surface area contributed by atoms with Crippen LogP contribution in [0.2, 0.25) is 0 Å². The second-order valence-corrected chi connectivity index (χ2v) is 19.4. The Morgan fingerprint density at radius 2 is 0.853 bits per heavy atom. The molecule has 0 amide bonds. The lowest BCUT2D eigenvalue weighted by molar-refractivity contribution is 0.663. The highest BCUT2D eigenvalue weighted by Crippen LogP contribution is 2.63. The quantitative estimate of drug-likeness (QED) is 0.123. The molecule has 1 spiro atoms. The van der Waals surface area contributed by atoms with Crippen molar-refractivity contribution in [1.29, 1.82) is 0 Å². The molecule has 1 nitrogen and oxygen atoms in total. The van der Waals surface area contributed by atoms with Gasteiger partial charge in [-0.25, -0.2) is 0 Å². The molecule has 1 heteroatoms. The van der Waals surface area contributed by atoms with Gasteiger partial charge in [-0.05, 0) is 126 Å². The van der Waals surface area contributed by atoms with Gasteiger partial charge in [-0.15, -0.1) is 0 Å². The first-order valence-electron chi connectivity index (χ1n) is 23.9. The maximum Gasteiger partial charge on any atom is 0.0726 e.